The van der Waals surface area contributed by atoms with E-state index in [1.54, 1.807) is 0 Å². The van der Waals surface area contributed by atoms with Crippen molar-refractivity contribution in [2.45, 2.75) is 77.7 Å². The van der Waals surface area contributed by atoms with Gasteiger partial charge in [0.05, 0.1) is 6.42 Å². The van der Waals surface area contributed by atoms with Crippen LogP contribution in [0.5, 0.6) is 0 Å². The zero-order chi connectivity index (χ0) is 13.6. The van der Waals surface area contributed by atoms with Crippen LogP contribution < -0.4 is 5.73 Å². The van der Waals surface area contributed by atoms with Gasteiger partial charge >= 0.3 is 5.97 Å². The average Bonchev–Trinajstić information content (AvgIpc) is 2.26. The van der Waals surface area contributed by atoms with Crippen molar-refractivity contribution >= 4 is 5.97 Å². The van der Waals surface area contributed by atoms with Gasteiger partial charge in [0.25, 0.3) is 0 Å². The summed E-state index contributed by atoms with van der Waals surface area (Å²) in [4.78, 5) is 10.6. The molecule has 0 unspecified atom stereocenters. The van der Waals surface area contributed by atoms with Crippen molar-refractivity contribution in [3.8, 4) is 0 Å². The molecule has 1 saturated carbocycles. The normalized spacial score (nSPS) is 19.7. The van der Waals surface area contributed by atoms with Crippen molar-refractivity contribution in [2.75, 3.05) is 0 Å². The van der Waals surface area contributed by atoms with Crippen LogP contribution in [0.1, 0.15) is 71.6 Å². The highest BCUT2D eigenvalue weighted by molar-refractivity contribution is 5.67. The zero-order valence-corrected chi connectivity index (χ0v) is 12.0. The zero-order valence-electron chi connectivity index (χ0n) is 12.0. The largest absolute Gasteiger partial charge is 0.481 e. The molecule has 1 rings (SSSR count). The monoisotopic (exact) mass is 255 g/mol. The van der Waals surface area contributed by atoms with Crippen LogP contribution in [-0.2, 0) is 4.79 Å². The second kappa shape index (κ2) is 7.13. The van der Waals surface area contributed by atoms with Gasteiger partial charge in [-0.25, -0.2) is 0 Å². The molecule has 1 atom stereocenters. The maximum Gasteiger partial charge on any atom is 0.304 e. The van der Waals surface area contributed by atoms with Crippen molar-refractivity contribution in [1.82, 2.24) is 0 Å². The van der Waals surface area contributed by atoms with Gasteiger partial charge < -0.3 is 10.8 Å². The Hall–Kier alpha value is -0.570. The highest BCUT2D eigenvalue weighted by Crippen LogP contribution is 2.34. The van der Waals surface area contributed by atoms with Gasteiger partial charge in [0.1, 0.15) is 0 Å². The van der Waals surface area contributed by atoms with Crippen LogP contribution in [-0.4, -0.2) is 17.1 Å². The van der Waals surface area contributed by atoms with E-state index in [2.05, 4.69) is 13.8 Å². The molecule has 0 heterocycles. The Kier molecular flexibility index (Phi) is 6.13. The fraction of sp³-hybridized carbons (Fsp3) is 0.933. The summed E-state index contributed by atoms with van der Waals surface area (Å²) in [7, 11) is 0. The van der Waals surface area contributed by atoms with Gasteiger partial charge in [-0.15, -0.1) is 0 Å². The third kappa shape index (κ3) is 6.39. The lowest BCUT2D eigenvalue weighted by Gasteiger charge is -2.30. The van der Waals surface area contributed by atoms with Gasteiger partial charge in [-0.1, -0.05) is 46.0 Å². The molecule has 0 spiro atoms. The lowest BCUT2D eigenvalue weighted by Crippen LogP contribution is -2.30. The predicted molar refractivity (Wildman–Crippen MR) is 74.4 cm³/mol. The first-order valence-electron chi connectivity index (χ1n) is 7.36. The number of hydrogen-bond donors (Lipinski definition) is 2. The molecule has 0 aromatic heterocycles. The van der Waals surface area contributed by atoms with E-state index in [0.717, 1.165) is 12.3 Å². The second-order valence-corrected chi connectivity index (χ2v) is 6.77. The minimum Gasteiger partial charge on any atom is -0.481 e. The quantitative estimate of drug-likeness (QED) is 0.731. The Labute approximate surface area is 111 Å². The average molecular weight is 255 g/mol. The molecule has 1 fully saturated rings. The second-order valence-electron chi connectivity index (χ2n) is 6.77. The van der Waals surface area contributed by atoms with E-state index in [4.69, 9.17) is 10.8 Å². The molecule has 0 bridgehead atoms. The molecule has 3 nitrogen and oxygen atoms in total. The van der Waals surface area contributed by atoms with Crippen LogP contribution in [0, 0.1) is 11.3 Å². The molecular formula is C15H29NO2. The molecule has 0 saturated heterocycles. The third-order valence-electron chi connectivity index (χ3n) is 4.21. The standard InChI is InChI=1S/C15H29NO2/c1-15(2,11-13(16)10-14(17)18)9-8-12-6-4-3-5-7-12/h12-13H,3-11,16H2,1-2H3,(H,17,18)/t13-/m1/s1. The van der Waals surface area contributed by atoms with Crippen LogP contribution >= 0.6 is 0 Å². The van der Waals surface area contributed by atoms with Gasteiger partial charge in [-0.2, -0.15) is 0 Å². The summed E-state index contributed by atoms with van der Waals surface area (Å²) in [5, 5.41) is 8.73. The highest BCUT2D eigenvalue weighted by atomic mass is 16.4. The number of carboxylic acid groups (broad SMARTS) is 1. The van der Waals surface area contributed by atoms with Gasteiger partial charge in [-0.3, -0.25) is 4.79 Å². The smallest absolute Gasteiger partial charge is 0.304 e. The molecule has 0 aromatic carbocycles. The van der Waals surface area contributed by atoms with Gasteiger partial charge in [-0.05, 0) is 30.6 Å². The molecule has 1 aliphatic carbocycles. The van der Waals surface area contributed by atoms with Crippen LogP contribution in [0.25, 0.3) is 0 Å². The minimum absolute atomic E-state index is 0.0901. The summed E-state index contributed by atoms with van der Waals surface area (Å²) in [6.07, 6.45) is 10.3. The summed E-state index contributed by atoms with van der Waals surface area (Å²) in [5.41, 5.74) is 6.06. The topological polar surface area (TPSA) is 63.3 Å². The molecule has 0 radical (unpaired) electrons. The van der Waals surface area contributed by atoms with E-state index in [9.17, 15) is 4.79 Å². The summed E-state index contributed by atoms with van der Waals surface area (Å²) in [6, 6.07) is -0.205. The Bertz CT molecular complexity index is 257. The number of carbonyl (C=O) groups is 1. The maximum absolute atomic E-state index is 10.6. The van der Waals surface area contributed by atoms with Crippen LogP contribution in [0.2, 0.25) is 0 Å². The van der Waals surface area contributed by atoms with Crippen LogP contribution in [0.4, 0.5) is 0 Å². The number of rotatable bonds is 7. The molecule has 3 heteroatoms. The first-order chi connectivity index (χ1) is 8.39. The lowest BCUT2D eigenvalue weighted by molar-refractivity contribution is -0.137. The summed E-state index contributed by atoms with van der Waals surface area (Å²) < 4.78 is 0. The Morgan fingerprint density at radius 1 is 1.33 bits per heavy atom. The molecule has 0 aromatic rings. The van der Waals surface area contributed by atoms with E-state index in [0.29, 0.717) is 0 Å². The van der Waals surface area contributed by atoms with Crippen LogP contribution in [0.3, 0.4) is 0 Å². The van der Waals surface area contributed by atoms with Gasteiger partial charge in [0.15, 0.2) is 0 Å². The Balaban J connectivity index is 2.27. The predicted octanol–water partition coefficient (Wildman–Crippen LogP) is 3.57. The molecule has 3 N–H and O–H groups in total. The first kappa shape index (κ1) is 15.5. The van der Waals surface area contributed by atoms with Gasteiger partial charge in [0, 0.05) is 6.04 Å². The summed E-state index contributed by atoms with van der Waals surface area (Å²) >= 11 is 0. The molecule has 0 aliphatic heterocycles. The highest BCUT2D eigenvalue weighted by Gasteiger charge is 2.24. The van der Waals surface area contributed by atoms with Crippen molar-refractivity contribution < 1.29 is 9.90 Å². The number of nitrogens with two attached hydrogens (primary N) is 1. The van der Waals surface area contributed by atoms with Crippen molar-refractivity contribution in [3.05, 3.63) is 0 Å². The molecule has 106 valence electrons. The molecule has 1 aliphatic rings. The van der Waals surface area contributed by atoms with Crippen LogP contribution in [0.15, 0.2) is 0 Å². The minimum atomic E-state index is -0.786. The fourth-order valence-corrected chi connectivity index (χ4v) is 3.18. The van der Waals surface area contributed by atoms with E-state index < -0.39 is 5.97 Å². The third-order valence-corrected chi connectivity index (χ3v) is 4.21. The maximum atomic E-state index is 10.6. The lowest BCUT2D eigenvalue weighted by atomic mass is 9.76. The van der Waals surface area contributed by atoms with Crippen molar-refractivity contribution in [3.63, 3.8) is 0 Å². The molecule has 18 heavy (non-hydrogen) atoms. The first-order valence-corrected chi connectivity index (χ1v) is 7.36. The number of hydrogen-bond acceptors (Lipinski definition) is 2. The van der Waals surface area contributed by atoms with E-state index in [1.165, 1.54) is 44.9 Å². The molecule has 0 amide bonds. The summed E-state index contributed by atoms with van der Waals surface area (Å²) in [6.45, 7) is 4.44. The van der Waals surface area contributed by atoms with E-state index in [-0.39, 0.29) is 17.9 Å². The SMILES string of the molecule is CC(C)(CCC1CCCCC1)C[C@H](N)CC(=O)O. The van der Waals surface area contributed by atoms with E-state index >= 15 is 0 Å². The fourth-order valence-electron chi connectivity index (χ4n) is 3.18. The van der Waals surface area contributed by atoms with Gasteiger partial charge in [0.2, 0.25) is 0 Å². The number of aliphatic carboxylic acids is 1. The summed E-state index contributed by atoms with van der Waals surface area (Å²) in [5.74, 6) is 0.110. The Morgan fingerprint density at radius 3 is 2.50 bits per heavy atom. The van der Waals surface area contributed by atoms with E-state index in [1.807, 2.05) is 0 Å². The van der Waals surface area contributed by atoms with Crippen molar-refractivity contribution in [2.24, 2.45) is 17.1 Å². The Morgan fingerprint density at radius 2 is 1.94 bits per heavy atom. The molecular weight excluding hydrogens is 226 g/mol. The number of carboxylic acids is 1. The van der Waals surface area contributed by atoms with Crippen molar-refractivity contribution in [1.29, 1.82) is 0 Å².